The van der Waals surface area contributed by atoms with Crippen molar-refractivity contribution in [2.75, 3.05) is 24.0 Å². The average Bonchev–Trinajstić information content (AvgIpc) is 2.42. The zero-order valence-corrected chi connectivity index (χ0v) is 12.5. The molecule has 4 N–H and O–H groups in total. The average molecular weight is 281 g/mol. The summed E-state index contributed by atoms with van der Waals surface area (Å²) in [4.78, 5) is 12.1. The van der Waals surface area contributed by atoms with Crippen LogP contribution >= 0.6 is 11.8 Å². The molecule has 1 rings (SSSR count). The van der Waals surface area contributed by atoms with Crippen molar-refractivity contribution in [3.63, 3.8) is 0 Å². The summed E-state index contributed by atoms with van der Waals surface area (Å²) in [5, 5.41) is 2.94. The van der Waals surface area contributed by atoms with Crippen molar-refractivity contribution in [3.8, 4) is 0 Å². The standard InChI is InChI=1S/C14H23N3OS/c1-11-6-7-13(17-15)12(10-11)14(18)16-8-4-3-5-9-19-2/h6-7,10,17H,3-5,8-9,15H2,1-2H3,(H,16,18). The first-order valence-corrected chi connectivity index (χ1v) is 7.93. The van der Waals surface area contributed by atoms with E-state index in [1.807, 2.05) is 36.9 Å². The summed E-state index contributed by atoms with van der Waals surface area (Å²) in [7, 11) is 0. The third-order valence-corrected chi connectivity index (χ3v) is 3.58. The Bertz CT molecular complexity index is 410. The van der Waals surface area contributed by atoms with E-state index in [1.54, 1.807) is 0 Å². The number of thioether (sulfide) groups is 1. The predicted molar refractivity (Wildman–Crippen MR) is 83.6 cm³/mol. The monoisotopic (exact) mass is 281 g/mol. The number of anilines is 1. The number of unbranched alkanes of at least 4 members (excludes halogenated alkanes) is 2. The number of benzene rings is 1. The van der Waals surface area contributed by atoms with E-state index in [4.69, 9.17) is 5.84 Å². The minimum absolute atomic E-state index is 0.0680. The number of carbonyl (C=O) groups is 1. The van der Waals surface area contributed by atoms with Crippen LogP contribution in [0.25, 0.3) is 0 Å². The van der Waals surface area contributed by atoms with Gasteiger partial charge in [-0.25, -0.2) is 0 Å². The summed E-state index contributed by atoms with van der Waals surface area (Å²) >= 11 is 1.86. The molecule has 1 aromatic carbocycles. The van der Waals surface area contributed by atoms with E-state index in [1.165, 1.54) is 12.2 Å². The summed E-state index contributed by atoms with van der Waals surface area (Å²) in [5.41, 5.74) is 4.87. The zero-order chi connectivity index (χ0) is 14.1. The molecule has 1 aromatic rings. The molecule has 0 heterocycles. The summed E-state index contributed by atoms with van der Waals surface area (Å²) in [6.45, 7) is 2.67. The van der Waals surface area contributed by atoms with Gasteiger partial charge in [0.1, 0.15) is 0 Å². The van der Waals surface area contributed by atoms with Gasteiger partial charge in [-0.1, -0.05) is 18.1 Å². The van der Waals surface area contributed by atoms with E-state index in [9.17, 15) is 4.79 Å². The lowest BCUT2D eigenvalue weighted by Crippen LogP contribution is -2.26. The van der Waals surface area contributed by atoms with E-state index in [0.29, 0.717) is 17.8 Å². The minimum Gasteiger partial charge on any atom is -0.352 e. The fraction of sp³-hybridized carbons (Fsp3) is 0.500. The van der Waals surface area contributed by atoms with Crippen molar-refractivity contribution in [1.29, 1.82) is 0 Å². The lowest BCUT2D eigenvalue weighted by molar-refractivity contribution is 0.0953. The smallest absolute Gasteiger partial charge is 0.253 e. The first kappa shape index (κ1) is 15.9. The number of nitrogens with two attached hydrogens (primary N) is 1. The van der Waals surface area contributed by atoms with E-state index in [-0.39, 0.29) is 5.91 Å². The van der Waals surface area contributed by atoms with Crippen molar-refractivity contribution < 1.29 is 4.79 Å². The van der Waals surface area contributed by atoms with Crippen LogP contribution in [0.1, 0.15) is 35.2 Å². The Morgan fingerprint density at radius 2 is 2.11 bits per heavy atom. The summed E-state index contributed by atoms with van der Waals surface area (Å²) in [6.07, 6.45) is 5.48. The highest BCUT2D eigenvalue weighted by molar-refractivity contribution is 7.98. The van der Waals surface area contributed by atoms with Crippen LogP contribution in [0.15, 0.2) is 18.2 Å². The Hall–Kier alpha value is -1.20. The summed E-state index contributed by atoms with van der Waals surface area (Å²) in [6, 6.07) is 5.59. The van der Waals surface area contributed by atoms with Crippen LogP contribution in [0.3, 0.4) is 0 Å². The zero-order valence-electron chi connectivity index (χ0n) is 11.7. The van der Waals surface area contributed by atoms with Gasteiger partial charge < -0.3 is 10.7 Å². The van der Waals surface area contributed by atoms with Crippen LogP contribution in [-0.4, -0.2) is 24.5 Å². The quantitative estimate of drug-likeness (QED) is 0.389. The molecule has 0 radical (unpaired) electrons. The number of amides is 1. The molecule has 1 amide bonds. The van der Waals surface area contributed by atoms with E-state index < -0.39 is 0 Å². The molecule has 4 nitrogen and oxygen atoms in total. The molecule has 0 saturated heterocycles. The van der Waals surface area contributed by atoms with Crippen LogP contribution in [0.2, 0.25) is 0 Å². The van der Waals surface area contributed by atoms with Gasteiger partial charge in [-0.05, 0) is 43.9 Å². The Kier molecular flexibility index (Phi) is 7.36. The molecule has 106 valence electrons. The molecule has 5 heteroatoms. The highest BCUT2D eigenvalue weighted by atomic mass is 32.2. The largest absolute Gasteiger partial charge is 0.352 e. The molecule has 0 saturated carbocycles. The lowest BCUT2D eigenvalue weighted by Gasteiger charge is -2.10. The van der Waals surface area contributed by atoms with Crippen LogP contribution in [0.5, 0.6) is 0 Å². The number of hydrogen-bond donors (Lipinski definition) is 3. The van der Waals surface area contributed by atoms with E-state index in [0.717, 1.165) is 18.4 Å². The second-order valence-corrected chi connectivity index (χ2v) is 5.49. The van der Waals surface area contributed by atoms with Crippen molar-refractivity contribution in [2.24, 2.45) is 5.84 Å². The van der Waals surface area contributed by atoms with E-state index in [2.05, 4.69) is 17.0 Å². The van der Waals surface area contributed by atoms with E-state index >= 15 is 0 Å². The van der Waals surface area contributed by atoms with Gasteiger partial charge in [0.05, 0.1) is 11.3 Å². The SMILES string of the molecule is CSCCCCCNC(=O)c1cc(C)ccc1NN. The Morgan fingerprint density at radius 1 is 1.32 bits per heavy atom. The summed E-state index contributed by atoms with van der Waals surface area (Å²) < 4.78 is 0. The molecule has 0 aliphatic carbocycles. The molecule has 0 aliphatic rings. The van der Waals surface area contributed by atoms with Crippen LogP contribution in [-0.2, 0) is 0 Å². The van der Waals surface area contributed by atoms with Gasteiger partial charge in [0.25, 0.3) is 5.91 Å². The van der Waals surface area contributed by atoms with Crippen molar-refractivity contribution in [2.45, 2.75) is 26.2 Å². The molecule has 0 atom stereocenters. The highest BCUT2D eigenvalue weighted by Gasteiger charge is 2.10. The Labute approximate surface area is 119 Å². The Morgan fingerprint density at radius 3 is 2.79 bits per heavy atom. The Balaban J connectivity index is 2.43. The molecular weight excluding hydrogens is 258 g/mol. The van der Waals surface area contributed by atoms with Crippen LogP contribution in [0, 0.1) is 6.92 Å². The number of hydrazine groups is 1. The molecule has 0 bridgehead atoms. The van der Waals surface area contributed by atoms with Gasteiger partial charge in [0.15, 0.2) is 0 Å². The normalized spacial score (nSPS) is 10.3. The van der Waals surface area contributed by atoms with Gasteiger partial charge in [-0.3, -0.25) is 10.6 Å². The molecular formula is C14H23N3OS. The predicted octanol–water partition coefficient (Wildman–Crippen LogP) is 2.54. The maximum atomic E-state index is 12.1. The molecule has 0 fully saturated rings. The first-order chi connectivity index (χ1) is 9.19. The first-order valence-electron chi connectivity index (χ1n) is 6.53. The van der Waals surface area contributed by atoms with Crippen LogP contribution < -0.4 is 16.6 Å². The molecule has 19 heavy (non-hydrogen) atoms. The maximum absolute atomic E-state index is 12.1. The second kappa shape index (κ2) is 8.82. The third kappa shape index (κ3) is 5.53. The summed E-state index contributed by atoms with van der Waals surface area (Å²) in [5.74, 6) is 6.54. The molecule has 0 spiro atoms. The number of aryl methyl sites for hydroxylation is 1. The number of hydrogen-bond acceptors (Lipinski definition) is 4. The third-order valence-electron chi connectivity index (χ3n) is 2.89. The minimum atomic E-state index is -0.0680. The lowest BCUT2D eigenvalue weighted by atomic mass is 10.1. The molecule has 0 aliphatic heterocycles. The van der Waals surface area contributed by atoms with Gasteiger partial charge >= 0.3 is 0 Å². The second-order valence-electron chi connectivity index (χ2n) is 4.50. The topological polar surface area (TPSA) is 67.2 Å². The van der Waals surface area contributed by atoms with Crippen LogP contribution in [0.4, 0.5) is 5.69 Å². The maximum Gasteiger partial charge on any atom is 0.253 e. The fourth-order valence-corrected chi connectivity index (χ4v) is 2.31. The highest BCUT2D eigenvalue weighted by Crippen LogP contribution is 2.16. The molecule has 0 unspecified atom stereocenters. The van der Waals surface area contributed by atoms with Crippen molar-refractivity contribution in [3.05, 3.63) is 29.3 Å². The van der Waals surface area contributed by atoms with Crippen molar-refractivity contribution in [1.82, 2.24) is 5.32 Å². The fourth-order valence-electron chi connectivity index (χ4n) is 1.82. The number of rotatable bonds is 8. The van der Waals surface area contributed by atoms with Gasteiger partial charge in [-0.15, -0.1) is 0 Å². The molecule has 0 aromatic heterocycles. The van der Waals surface area contributed by atoms with Gasteiger partial charge in [0, 0.05) is 6.54 Å². The van der Waals surface area contributed by atoms with Gasteiger partial charge in [-0.2, -0.15) is 11.8 Å². The number of nitrogens with one attached hydrogen (secondary N) is 2. The number of carbonyl (C=O) groups excluding carboxylic acids is 1. The number of nitrogen functional groups attached to an aromatic ring is 1. The van der Waals surface area contributed by atoms with Crippen molar-refractivity contribution >= 4 is 23.4 Å². The van der Waals surface area contributed by atoms with Gasteiger partial charge in [0.2, 0.25) is 0 Å².